The Hall–Kier alpha value is -1.69. The van der Waals surface area contributed by atoms with Crippen molar-refractivity contribution < 1.29 is 18.8 Å². The maximum Gasteiger partial charge on any atom is 0.290 e. The minimum absolute atomic E-state index is 0.0921. The van der Waals surface area contributed by atoms with Gasteiger partial charge < -0.3 is 10.4 Å². The van der Waals surface area contributed by atoms with E-state index in [1.54, 1.807) is 5.32 Å². The second-order valence-electron chi connectivity index (χ2n) is 1.80. The Balaban J connectivity index is 0.000000770. The highest BCUT2D eigenvalue weighted by atomic mass is 35.5. The predicted molar refractivity (Wildman–Crippen MR) is 49.1 cm³/mol. The van der Waals surface area contributed by atoms with Crippen LogP contribution in [0.3, 0.4) is 0 Å². The Morgan fingerprint density at radius 2 is 2.36 bits per heavy atom. The zero-order valence-corrected chi connectivity index (χ0v) is 7.52. The minimum atomic E-state index is -2.53. The van der Waals surface area contributed by atoms with Crippen LogP contribution in [0.1, 0.15) is 14.6 Å². The van der Waals surface area contributed by atoms with Crippen molar-refractivity contribution in [3.63, 3.8) is 0 Å². The number of hydrogen-bond acceptors (Lipinski definition) is 4. The normalized spacial score (nSPS) is 12.2. The van der Waals surface area contributed by atoms with Gasteiger partial charge in [-0.2, -0.15) is 0 Å². The van der Waals surface area contributed by atoms with Gasteiger partial charge in [-0.25, -0.2) is 0 Å². The summed E-state index contributed by atoms with van der Waals surface area (Å²) in [6.07, 6.45) is 0. The fraction of sp³-hybridized carbons (Fsp3) is 0.143. The van der Waals surface area contributed by atoms with E-state index < -0.39 is 12.9 Å². The van der Waals surface area contributed by atoms with Crippen LogP contribution in [0, 0.1) is 0 Å². The Bertz CT molecular complexity index is 382. The molecule has 1 amide bonds. The lowest BCUT2D eigenvalue weighted by atomic mass is 10.4. The van der Waals surface area contributed by atoms with E-state index in [0.717, 1.165) is 0 Å². The zero-order chi connectivity index (χ0) is 13.5. The molecular formula is C7H8ClN3O3. The van der Waals surface area contributed by atoms with Crippen molar-refractivity contribution in [1.82, 2.24) is 15.5 Å². The molecule has 0 atom stereocenters. The molecule has 0 spiro atoms. The Morgan fingerprint density at radius 3 is 2.79 bits per heavy atom. The van der Waals surface area contributed by atoms with E-state index >= 15 is 0 Å². The fourth-order valence-corrected chi connectivity index (χ4v) is 0.602. The largest absolute Gasteiger partial charge is 0.483 e. The van der Waals surface area contributed by atoms with Crippen LogP contribution in [0.4, 0.5) is 0 Å². The lowest BCUT2D eigenvalue weighted by molar-refractivity contribution is -0.122. The summed E-state index contributed by atoms with van der Waals surface area (Å²) >= 11 is 5.43. The number of aromatic nitrogens is 2. The molecule has 0 aliphatic carbocycles. The first kappa shape index (κ1) is 7.69. The number of carboxylic acid groups (broad SMARTS) is 1. The highest BCUT2D eigenvalue weighted by Crippen LogP contribution is 2.01. The van der Waals surface area contributed by atoms with Gasteiger partial charge in [-0.05, 0) is 12.1 Å². The van der Waals surface area contributed by atoms with Crippen molar-refractivity contribution in [1.29, 1.82) is 0 Å². The van der Waals surface area contributed by atoms with E-state index in [1.807, 2.05) is 0 Å². The zero-order valence-electron chi connectivity index (χ0n) is 9.77. The topological polar surface area (TPSA) is 92.2 Å². The van der Waals surface area contributed by atoms with Crippen LogP contribution < -0.4 is 5.32 Å². The molecule has 0 saturated heterocycles. The molecule has 7 heteroatoms. The number of carbonyl (C=O) groups excluding carboxylic acids is 1. The van der Waals surface area contributed by atoms with Crippen LogP contribution in [-0.4, -0.2) is 34.7 Å². The molecule has 0 unspecified atom stereocenters. The van der Waals surface area contributed by atoms with Crippen molar-refractivity contribution in [3.05, 3.63) is 23.0 Å². The molecular weight excluding hydrogens is 210 g/mol. The maximum absolute atomic E-state index is 11.2. The molecule has 76 valence electrons. The predicted octanol–water partition coefficient (Wildman–Crippen LogP) is 0.190. The lowest BCUT2D eigenvalue weighted by Crippen LogP contribution is -2.19. The quantitative estimate of drug-likeness (QED) is 0.659. The van der Waals surface area contributed by atoms with Gasteiger partial charge in [-0.1, -0.05) is 11.6 Å². The number of rotatable bonds is 1. The molecule has 0 bridgehead atoms. The number of halogens is 1. The summed E-state index contributed by atoms with van der Waals surface area (Å²) in [6.45, 7) is -2.78. The molecule has 0 fully saturated rings. The van der Waals surface area contributed by atoms with Crippen molar-refractivity contribution in [3.8, 4) is 0 Å². The first-order valence-corrected chi connectivity index (χ1v) is 3.57. The van der Waals surface area contributed by atoms with E-state index in [2.05, 4.69) is 10.2 Å². The summed E-state index contributed by atoms with van der Waals surface area (Å²) in [5.74, 6) is -0.811. The summed E-state index contributed by atoms with van der Waals surface area (Å²) in [5.41, 5.74) is -0.0921. The van der Waals surface area contributed by atoms with Gasteiger partial charge in [0.15, 0.2) is 10.8 Å². The molecule has 1 aromatic heterocycles. The number of hydrogen-bond donors (Lipinski definition) is 2. The Morgan fingerprint density at radius 1 is 1.71 bits per heavy atom. The lowest BCUT2D eigenvalue weighted by Gasteiger charge is -1.95. The van der Waals surface area contributed by atoms with Gasteiger partial charge in [0.05, 0.1) is 0 Å². The molecule has 1 heterocycles. The Kier molecular flexibility index (Phi) is 3.73. The van der Waals surface area contributed by atoms with Crippen LogP contribution in [0.5, 0.6) is 0 Å². The van der Waals surface area contributed by atoms with Gasteiger partial charge in [-0.15, -0.1) is 10.2 Å². The number of nitrogens with zero attached hydrogens (tertiary/aromatic N) is 2. The first-order chi connectivity index (χ1) is 7.80. The van der Waals surface area contributed by atoms with Gasteiger partial charge in [-0.3, -0.25) is 9.59 Å². The summed E-state index contributed by atoms with van der Waals surface area (Å²) in [5, 5.41) is 15.6. The molecule has 1 aromatic rings. The summed E-state index contributed by atoms with van der Waals surface area (Å²) in [4.78, 5) is 19.5. The van der Waals surface area contributed by atoms with Gasteiger partial charge in [0.1, 0.15) is 0 Å². The molecule has 0 saturated carbocycles. The molecule has 6 nitrogen and oxygen atoms in total. The van der Waals surface area contributed by atoms with Gasteiger partial charge in [0, 0.05) is 11.1 Å². The van der Waals surface area contributed by atoms with E-state index in [4.69, 9.17) is 25.6 Å². The second kappa shape index (κ2) is 6.79. The molecule has 0 aliphatic rings. The van der Waals surface area contributed by atoms with Crippen molar-refractivity contribution in [2.45, 2.75) is 0 Å². The molecule has 14 heavy (non-hydrogen) atoms. The molecule has 0 radical (unpaired) electrons. The third-order valence-corrected chi connectivity index (χ3v) is 1.18. The van der Waals surface area contributed by atoms with Crippen LogP contribution in [0.15, 0.2) is 12.1 Å². The average molecular weight is 221 g/mol. The minimum Gasteiger partial charge on any atom is -0.483 e. The van der Waals surface area contributed by atoms with Crippen LogP contribution in [-0.2, 0) is 4.79 Å². The molecule has 0 aromatic carbocycles. The molecule has 1 rings (SSSR count). The smallest absolute Gasteiger partial charge is 0.290 e. The summed E-state index contributed by atoms with van der Waals surface area (Å²) in [7, 11) is 0. The first-order valence-electron chi connectivity index (χ1n) is 4.69. The fourth-order valence-electron chi connectivity index (χ4n) is 0.501. The highest BCUT2D eigenvalue weighted by molar-refractivity contribution is 6.29. The van der Waals surface area contributed by atoms with Crippen LogP contribution >= 0.6 is 11.6 Å². The van der Waals surface area contributed by atoms with E-state index in [1.165, 1.54) is 12.1 Å². The third-order valence-electron chi connectivity index (χ3n) is 0.978. The van der Waals surface area contributed by atoms with Crippen molar-refractivity contribution in [2.24, 2.45) is 0 Å². The van der Waals surface area contributed by atoms with Crippen molar-refractivity contribution >= 4 is 24.0 Å². The Labute approximate surface area is 89.1 Å². The van der Waals surface area contributed by atoms with E-state index in [-0.39, 0.29) is 17.3 Å². The monoisotopic (exact) mass is 220 g/mol. The SMILES string of the molecule is O=CO.[2H]C([2H])([2H])NC(=O)c1ccc(Cl)nn1. The van der Waals surface area contributed by atoms with Gasteiger partial charge in [0.2, 0.25) is 0 Å². The van der Waals surface area contributed by atoms with Crippen molar-refractivity contribution in [2.75, 3.05) is 6.98 Å². The van der Waals surface area contributed by atoms with Crippen LogP contribution in [0.25, 0.3) is 0 Å². The highest BCUT2D eigenvalue weighted by Gasteiger charge is 2.03. The number of amides is 1. The molecule has 2 N–H and O–H groups in total. The molecule has 0 aliphatic heterocycles. The summed E-state index contributed by atoms with van der Waals surface area (Å²) < 4.78 is 20.3. The van der Waals surface area contributed by atoms with E-state index in [9.17, 15) is 4.79 Å². The van der Waals surface area contributed by atoms with Gasteiger partial charge >= 0.3 is 0 Å². The summed E-state index contributed by atoms with van der Waals surface area (Å²) in [6, 6.07) is 2.64. The average Bonchev–Trinajstić information content (AvgIpc) is 2.17. The standard InChI is InChI=1S/C6H6ClN3O.CH2O2/c1-8-6(11)4-2-3-5(7)10-9-4;2-1-3/h2-3H,1H3,(H,8,11);1H,(H,2,3)/i1D3;. The number of nitrogens with one attached hydrogen (secondary N) is 1. The number of carbonyl (C=O) groups is 2. The van der Waals surface area contributed by atoms with Gasteiger partial charge in [0.25, 0.3) is 12.4 Å². The maximum atomic E-state index is 11.2. The third kappa shape index (κ3) is 4.36. The van der Waals surface area contributed by atoms with Crippen LogP contribution in [0.2, 0.25) is 5.15 Å². The second-order valence-corrected chi connectivity index (χ2v) is 2.19. The van der Waals surface area contributed by atoms with E-state index in [0.29, 0.717) is 0 Å².